The van der Waals surface area contributed by atoms with Crippen LogP contribution in [0.15, 0.2) is 4.42 Å². The first kappa shape index (κ1) is 18.0. The molecule has 1 aromatic rings. The fraction of sp³-hybridized carbons (Fsp3) is 0.850. The summed E-state index contributed by atoms with van der Waals surface area (Å²) < 4.78 is 11.7. The lowest BCUT2D eigenvalue weighted by Gasteiger charge is -2.36. The van der Waals surface area contributed by atoms with Gasteiger partial charge in [0.1, 0.15) is 0 Å². The molecule has 1 aromatic heterocycles. The van der Waals surface area contributed by atoms with Gasteiger partial charge >= 0.3 is 0 Å². The number of nitrogens with zero attached hydrogens (tertiary/aromatic N) is 3. The summed E-state index contributed by atoms with van der Waals surface area (Å²) in [5.41, 5.74) is 0.0311. The van der Waals surface area contributed by atoms with Gasteiger partial charge in [-0.3, -0.25) is 4.79 Å². The molecule has 3 heterocycles. The standard InChI is InChI=1S/C20H31N3O3/c1-14(2)17-21-22-18(26-17)16-12-23(13-20(16)8-10-25-11-9-20)19(24)15-6-4-3-5-7-15/h14-16H,3-13H2,1-2H3. The number of amides is 1. The summed E-state index contributed by atoms with van der Waals surface area (Å²) >= 11 is 0. The van der Waals surface area contributed by atoms with Crippen molar-refractivity contribution in [3.05, 3.63) is 11.8 Å². The summed E-state index contributed by atoms with van der Waals surface area (Å²) in [5.74, 6) is 2.34. The van der Waals surface area contributed by atoms with Crippen molar-refractivity contribution >= 4 is 5.91 Å². The predicted octanol–water partition coefficient (Wildman–Crippen LogP) is 3.50. The molecule has 144 valence electrons. The fourth-order valence-corrected chi connectivity index (χ4v) is 4.99. The molecule has 6 nitrogen and oxygen atoms in total. The zero-order chi connectivity index (χ0) is 18.1. The zero-order valence-corrected chi connectivity index (χ0v) is 16.1. The Kier molecular flexibility index (Phi) is 5.04. The molecule has 2 saturated heterocycles. The summed E-state index contributed by atoms with van der Waals surface area (Å²) in [6.45, 7) is 7.18. The molecule has 1 unspecified atom stereocenters. The van der Waals surface area contributed by atoms with Gasteiger partial charge in [-0.15, -0.1) is 10.2 Å². The molecule has 0 radical (unpaired) electrons. The number of rotatable bonds is 3. The highest BCUT2D eigenvalue weighted by atomic mass is 16.5. The van der Waals surface area contributed by atoms with Gasteiger partial charge in [-0.1, -0.05) is 33.1 Å². The van der Waals surface area contributed by atoms with E-state index in [-0.39, 0.29) is 23.2 Å². The summed E-state index contributed by atoms with van der Waals surface area (Å²) in [6, 6.07) is 0. The third-order valence-corrected chi connectivity index (χ3v) is 6.65. The van der Waals surface area contributed by atoms with E-state index in [2.05, 4.69) is 28.9 Å². The van der Waals surface area contributed by atoms with Crippen LogP contribution in [0.1, 0.15) is 82.4 Å². The van der Waals surface area contributed by atoms with Gasteiger partial charge in [-0.2, -0.15) is 0 Å². The summed E-state index contributed by atoms with van der Waals surface area (Å²) in [6.07, 6.45) is 7.68. The van der Waals surface area contributed by atoms with Gasteiger partial charge in [0.25, 0.3) is 0 Å². The molecule has 4 rings (SSSR count). The van der Waals surface area contributed by atoms with Crippen LogP contribution < -0.4 is 0 Å². The predicted molar refractivity (Wildman–Crippen MR) is 96.8 cm³/mol. The highest BCUT2D eigenvalue weighted by Gasteiger charge is 2.52. The maximum absolute atomic E-state index is 13.1. The van der Waals surface area contributed by atoms with Gasteiger partial charge < -0.3 is 14.1 Å². The van der Waals surface area contributed by atoms with E-state index in [9.17, 15) is 4.79 Å². The summed E-state index contributed by atoms with van der Waals surface area (Å²) in [5, 5.41) is 8.63. The Morgan fingerprint density at radius 1 is 1.15 bits per heavy atom. The minimum atomic E-state index is 0.0311. The third-order valence-electron chi connectivity index (χ3n) is 6.65. The third kappa shape index (κ3) is 3.28. The number of likely N-dealkylation sites (tertiary alicyclic amines) is 1. The van der Waals surface area contributed by atoms with Gasteiger partial charge in [-0.05, 0) is 25.7 Å². The van der Waals surface area contributed by atoms with E-state index >= 15 is 0 Å². The quantitative estimate of drug-likeness (QED) is 0.824. The van der Waals surface area contributed by atoms with Crippen molar-refractivity contribution in [1.29, 1.82) is 0 Å². The maximum atomic E-state index is 13.1. The largest absolute Gasteiger partial charge is 0.425 e. The number of ether oxygens (including phenoxy) is 1. The Balaban J connectivity index is 1.57. The lowest BCUT2D eigenvalue weighted by molar-refractivity contribution is -0.136. The molecular formula is C20H31N3O3. The Morgan fingerprint density at radius 2 is 1.88 bits per heavy atom. The Labute approximate surface area is 155 Å². The Bertz CT molecular complexity index is 630. The van der Waals surface area contributed by atoms with E-state index in [0.29, 0.717) is 11.8 Å². The first-order valence-corrected chi connectivity index (χ1v) is 10.3. The smallest absolute Gasteiger partial charge is 0.225 e. The van der Waals surface area contributed by atoms with Crippen molar-refractivity contribution in [2.75, 3.05) is 26.3 Å². The van der Waals surface area contributed by atoms with Crippen LogP contribution in [0.5, 0.6) is 0 Å². The second kappa shape index (κ2) is 7.29. The van der Waals surface area contributed by atoms with E-state index in [1.807, 2.05) is 0 Å². The van der Waals surface area contributed by atoms with Crippen LogP contribution in [-0.2, 0) is 9.53 Å². The van der Waals surface area contributed by atoms with Crippen LogP contribution in [0.2, 0.25) is 0 Å². The van der Waals surface area contributed by atoms with Crippen LogP contribution in [0.4, 0.5) is 0 Å². The van der Waals surface area contributed by atoms with Gasteiger partial charge in [0.05, 0.1) is 5.92 Å². The van der Waals surface area contributed by atoms with Gasteiger partial charge in [0.2, 0.25) is 17.7 Å². The molecule has 1 aliphatic carbocycles. The van der Waals surface area contributed by atoms with Crippen LogP contribution >= 0.6 is 0 Å². The molecule has 0 bridgehead atoms. The lowest BCUT2D eigenvalue weighted by Crippen LogP contribution is -2.39. The van der Waals surface area contributed by atoms with Crippen molar-refractivity contribution in [2.45, 2.75) is 70.6 Å². The van der Waals surface area contributed by atoms with E-state index in [4.69, 9.17) is 9.15 Å². The normalized spacial score (nSPS) is 26.7. The van der Waals surface area contributed by atoms with Crippen molar-refractivity contribution in [3.8, 4) is 0 Å². The highest BCUT2D eigenvalue weighted by molar-refractivity contribution is 5.79. The highest BCUT2D eigenvalue weighted by Crippen LogP contribution is 2.49. The molecule has 1 spiro atoms. The van der Waals surface area contributed by atoms with Gasteiger partial charge in [0.15, 0.2) is 0 Å². The Hall–Kier alpha value is -1.43. The van der Waals surface area contributed by atoms with Crippen LogP contribution in [0, 0.1) is 11.3 Å². The average molecular weight is 361 g/mol. The fourth-order valence-electron chi connectivity index (χ4n) is 4.99. The summed E-state index contributed by atoms with van der Waals surface area (Å²) in [4.78, 5) is 15.2. The second-order valence-corrected chi connectivity index (χ2v) is 8.71. The number of carbonyl (C=O) groups is 1. The number of aromatic nitrogens is 2. The number of carbonyl (C=O) groups excluding carboxylic acids is 1. The van der Waals surface area contributed by atoms with Gasteiger partial charge in [0, 0.05) is 43.6 Å². The minimum Gasteiger partial charge on any atom is -0.425 e. The molecule has 0 N–H and O–H groups in total. The first-order valence-electron chi connectivity index (χ1n) is 10.3. The molecule has 6 heteroatoms. The van der Waals surface area contributed by atoms with Crippen molar-refractivity contribution in [1.82, 2.24) is 15.1 Å². The maximum Gasteiger partial charge on any atom is 0.225 e. The van der Waals surface area contributed by atoms with Crippen molar-refractivity contribution in [2.24, 2.45) is 11.3 Å². The monoisotopic (exact) mass is 361 g/mol. The Morgan fingerprint density at radius 3 is 2.54 bits per heavy atom. The minimum absolute atomic E-state index is 0.0311. The molecule has 3 aliphatic rings. The van der Waals surface area contributed by atoms with E-state index in [1.165, 1.54) is 19.3 Å². The molecular weight excluding hydrogens is 330 g/mol. The van der Waals surface area contributed by atoms with E-state index in [1.54, 1.807) is 0 Å². The van der Waals surface area contributed by atoms with Crippen LogP contribution in [0.3, 0.4) is 0 Å². The van der Waals surface area contributed by atoms with Crippen LogP contribution in [-0.4, -0.2) is 47.3 Å². The zero-order valence-electron chi connectivity index (χ0n) is 16.1. The lowest BCUT2D eigenvalue weighted by atomic mass is 9.72. The number of hydrogen-bond acceptors (Lipinski definition) is 5. The van der Waals surface area contributed by atoms with Gasteiger partial charge in [-0.25, -0.2) is 0 Å². The topological polar surface area (TPSA) is 68.5 Å². The molecule has 1 saturated carbocycles. The van der Waals surface area contributed by atoms with Crippen LogP contribution in [0.25, 0.3) is 0 Å². The summed E-state index contributed by atoms with van der Waals surface area (Å²) in [7, 11) is 0. The second-order valence-electron chi connectivity index (χ2n) is 8.71. The molecule has 2 aliphatic heterocycles. The van der Waals surface area contributed by atoms with Crippen molar-refractivity contribution in [3.63, 3.8) is 0 Å². The number of hydrogen-bond donors (Lipinski definition) is 0. The molecule has 1 amide bonds. The van der Waals surface area contributed by atoms with E-state index < -0.39 is 0 Å². The molecule has 1 atom stereocenters. The molecule has 26 heavy (non-hydrogen) atoms. The molecule has 0 aromatic carbocycles. The average Bonchev–Trinajstić information content (AvgIpc) is 3.28. The first-order chi connectivity index (χ1) is 12.6. The van der Waals surface area contributed by atoms with Crippen molar-refractivity contribution < 1.29 is 13.9 Å². The van der Waals surface area contributed by atoms with E-state index in [0.717, 1.165) is 57.9 Å². The molecule has 3 fully saturated rings. The SMILES string of the molecule is CC(C)c1nnc(C2CN(C(=O)C3CCCCC3)CC23CCOCC3)o1.